The van der Waals surface area contributed by atoms with E-state index in [-0.39, 0.29) is 56.0 Å². The molecular weight excluding hydrogens is 303 g/mol. The molecule has 0 bridgehead atoms. The first kappa shape index (κ1) is 15.9. The van der Waals surface area contributed by atoms with Crippen LogP contribution in [0.3, 0.4) is 0 Å². The van der Waals surface area contributed by atoms with Crippen LogP contribution in [0.5, 0.6) is 0 Å². The van der Waals surface area contributed by atoms with Crippen LogP contribution in [-0.2, 0) is 9.84 Å². The van der Waals surface area contributed by atoms with Gasteiger partial charge in [-0.3, -0.25) is 4.79 Å². The van der Waals surface area contributed by atoms with E-state index in [1.165, 1.54) is 24.3 Å². The molecule has 0 fully saturated rings. The fourth-order valence-corrected chi connectivity index (χ4v) is 3.89. The first-order valence-corrected chi connectivity index (χ1v) is 7.15. The Labute approximate surface area is 142 Å². The summed E-state index contributed by atoms with van der Waals surface area (Å²) in [5, 5.41) is 10.8. The van der Waals surface area contributed by atoms with Crippen molar-refractivity contribution in [1.29, 1.82) is 0 Å². The molecule has 2 aromatic carbocycles. The summed E-state index contributed by atoms with van der Waals surface area (Å²) in [6.07, 6.45) is 0. The second kappa shape index (κ2) is 5.38. The summed E-state index contributed by atoms with van der Waals surface area (Å²) >= 11 is 0. The summed E-state index contributed by atoms with van der Waals surface area (Å²) in [6, 6.07) is 9.19. The molecule has 0 radical (unpaired) electrons. The normalized spacial score (nSPS) is 14.6. The third-order valence-electron chi connectivity index (χ3n) is 3.17. The zero-order valence-electron chi connectivity index (χ0n) is 11.0. The van der Waals surface area contributed by atoms with Gasteiger partial charge in [0.1, 0.15) is 0 Å². The maximum atomic E-state index is 12.5. The molecule has 0 amide bonds. The average Bonchev–Trinajstić information content (AvgIpc) is 2.44. The van der Waals surface area contributed by atoms with Gasteiger partial charge in [-0.15, -0.1) is 0 Å². The molecule has 0 spiro atoms. The van der Waals surface area contributed by atoms with E-state index in [9.17, 15) is 23.1 Å². The molecule has 0 atom stereocenters. The van der Waals surface area contributed by atoms with Crippen LogP contribution in [0.15, 0.2) is 52.3 Å². The van der Waals surface area contributed by atoms with Gasteiger partial charge in [0.25, 0.3) is 0 Å². The van der Waals surface area contributed by atoms with Crippen molar-refractivity contribution in [2.24, 2.45) is 0 Å². The Morgan fingerprint density at radius 2 is 1.57 bits per heavy atom. The minimum Gasteiger partial charge on any atom is -0.545 e. The summed E-state index contributed by atoms with van der Waals surface area (Å²) < 4.78 is 24.9. The quantitative estimate of drug-likeness (QED) is 0.461. The average molecular weight is 310 g/mol. The Balaban J connectivity index is 0.00000161. The van der Waals surface area contributed by atoms with Crippen molar-refractivity contribution in [3.63, 3.8) is 0 Å². The first-order valence-electron chi connectivity index (χ1n) is 5.67. The molecule has 1 aliphatic heterocycles. The summed E-state index contributed by atoms with van der Waals surface area (Å²) in [7, 11) is -3.90. The maximum Gasteiger partial charge on any atom is 1.00 e. The predicted octanol–water partition coefficient (Wildman–Crippen LogP) is -2.57. The second-order valence-corrected chi connectivity index (χ2v) is 6.21. The Morgan fingerprint density at radius 1 is 0.952 bits per heavy atom. The van der Waals surface area contributed by atoms with Gasteiger partial charge in [0.2, 0.25) is 9.84 Å². The predicted molar refractivity (Wildman–Crippen MR) is 66.1 cm³/mol. The zero-order valence-corrected chi connectivity index (χ0v) is 13.8. The van der Waals surface area contributed by atoms with Crippen molar-refractivity contribution in [3.05, 3.63) is 59.2 Å². The van der Waals surface area contributed by atoms with Crippen molar-refractivity contribution in [3.8, 4) is 0 Å². The van der Waals surface area contributed by atoms with E-state index in [0.717, 1.165) is 12.1 Å². The van der Waals surface area contributed by atoms with Crippen molar-refractivity contribution in [2.75, 3.05) is 0 Å². The van der Waals surface area contributed by atoms with Gasteiger partial charge in [0, 0.05) is 11.1 Å². The molecule has 0 saturated carbocycles. The number of hydrogen-bond donors (Lipinski definition) is 0. The summed E-state index contributed by atoms with van der Waals surface area (Å²) in [5.74, 6) is -1.93. The van der Waals surface area contributed by atoms with Crippen LogP contribution in [0.4, 0.5) is 0 Å². The maximum absolute atomic E-state index is 12.5. The molecule has 21 heavy (non-hydrogen) atoms. The van der Waals surface area contributed by atoms with Crippen LogP contribution in [0.25, 0.3) is 0 Å². The van der Waals surface area contributed by atoms with Gasteiger partial charge in [-0.2, -0.15) is 0 Å². The monoisotopic (exact) mass is 310 g/mol. The van der Waals surface area contributed by atoms with Gasteiger partial charge in [-0.05, 0) is 29.8 Å². The van der Waals surface area contributed by atoms with Crippen LogP contribution < -0.4 is 34.7 Å². The smallest absolute Gasteiger partial charge is 0.545 e. The Kier molecular flexibility index (Phi) is 4.08. The number of hydrogen-bond acceptors (Lipinski definition) is 5. The van der Waals surface area contributed by atoms with Gasteiger partial charge in [0.15, 0.2) is 5.78 Å². The third kappa shape index (κ3) is 2.34. The van der Waals surface area contributed by atoms with Crippen molar-refractivity contribution in [2.45, 2.75) is 9.79 Å². The Hall–Kier alpha value is -1.47. The molecular formula is C14H7NaO5S. The number of carbonyl (C=O) groups is 2. The van der Waals surface area contributed by atoms with E-state index in [2.05, 4.69) is 0 Å². The number of carboxylic acid groups (broad SMARTS) is 1. The van der Waals surface area contributed by atoms with Gasteiger partial charge in [0.05, 0.1) is 15.8 Å². The largest absolute Gasteiger partial charge is 1.00 e. The van der Waals surface area contributed by atoms with E-state index in [1.54, 1.807) is 6.07 Å². The number of aromatic carboxylic acids is 1. The Bertz CT molecular complexity index is 871. The molecule has 7 heteroatoms. The fourth-order valence-electron chi connectivity index (χ4n) is 2.21. The number of sulfone groups is 1. The topological polar surface area (TPSA) is 91.3 Å². The minimum absolute atomic E-state index is 0. The number of benzene rings is 2. The number of rotatable bonds is 1. The van der Waals surface area contributed by atoms with E-state index in [1.807, 2.05) is 0 Å². The molecule has 100 valence electrons. The molecule has 0 N–H and O–H groups in total. The number of fused-ring (bicyclic) bond motifs is 2. The molecule has 0 saturated heterocycles. The zero-order chi connectivity index (χ0) is 14.5. The molecule has 3 rings (SSSR count). The van der Waals surface area contributed by atoms with E-state index in [0.29, 0.717) is 0 Å². The van der Waals surface area contributed by atoms with Gasteiger partial charge in [-0.25, -0.2) is 8.42 Å². The molecule has 1 heterocycles. The van der Waals surface area contributed by atoms with Crippen molar-refractivity contribution < 1.29 is 52.7 Å². The van der Waals surface area contributed by atoms with E-state index < -0.39 is 21.6 Å². The fraction of sp³-hybridized carbons (Fsp3) is 0. The standard InChI is InChI=1S/C14H8O5S.Na/c15-13-9-3-1-2-4-11(9)20(18,19)12-7-8(14(16)17)5-6-10(12)13;/h1-7H,(H,16,17);/q;+1/p-1. The number of carbonyl (C=O) groups excluding carboxylic acids is 2. The van der Waals surface area contributed by atoms with Crippen molar-refractivity contribution in [1.82, 2.24) is 0 Å². The molecule has 0 unspecified atom stereocenters. The van der Waals surface area contributed by atoms with Crippen LogP contribution >= 0.6 is 0 Å². The summed E-state index contributed by atoms with van der Waals surface area (Å²) in [4.78, 5) is 22.7. The van der Waals surface area contributed by atoms with Crippen LogP contribution in [-0.4, -0.2) is 20.2 Å². The van der Waals surface area contributed by atoms with Gasteiger partial charge in [-0.1, -0.05) is 18.2 Å². The summed E-state index contributed by atoms with van der Waals surface area (Å²) in [5.41, 5.74) is -0.200. The molecule has 5 nitrogen and oxygen atoms in total. The number of carboxylic acids is 1. The Morgan fingerprint density at radius 3 is 2.24 bits per heavy atom. The van der Waals surface area contributed by atoms with Crippen LogP contribution in [0.2, 0.25) is 0 Å². The van der Waals surface area contributed by atoms with E-state index >= 15 is 0 Å². The third-order valence-corrected chi connectivity index (χ3v) is 5.02. The minimum atomic E-state index is -3.90. The van der Waals surface area contributed by atoms with Gasteiger partial charge >= 0.3 is 29.6 Å². The SMILES string of the molecule is O=C([O-])c1ccc2c(c1)S(=O)(=O)c1ccccc1C2=O.[Na+]. The second-order valence-electron chi connectivity index (χ2n) is 4.33. The van der Waals surface area contributed by atoms with E-state index in [4.69, 9.17) is 0 Å². The van der Waals surface area contributed by atoms with Gasteiger partial charge < -0.3 is 9.90 Å². The molecule has 0 aromatic heterocycles. The molecule has 2 aromatic rings. The molecule has 1 aliphatic rings. The molecule has 0 aliphatic carbocycles. The van der Waals surface area contributed by atoms with Crippen LogP contribution in [0.1, 0.15) is 26.3 Å². The van der Waals surface area contributed by atoms with Crippen molar-refractivity contribution >= 4 is 21.6 Å². The van der Waals surface area contributed by atoms with Crippen LogP contribution in [0, 0.1) is 0 Å². The number of ketones is 1. The first-order chi connectivity index (χ1) is 9.43. The summed E-state index contributed by atoms with van der Waals surface area (Å²) in [6.45, 7) is 0.